The van der Waals surface area contributed by atoms with Gasteiger partial charge < -0.3 is 20.4 Å². The Labute approximate surface area is 169 Å². The number of unbranched alkanes of at least 4 members (excludes halogenated alkanes) is 2. The Morgan fingerprint density at radius 1 is 1.32 bits per heavy atom. The lowest BCUT2D eigenvalue weighted by atomic mass is 9.82. The summed E-state index contributed by atoms with van der Waals surface area (Å²) in [6, 6.07) is 1.25. The number of hydrogen-bond donors (Lipinski definition) is 3. The van der Waals surface area contributed by atoms with Crippen molar-refractivity contribution in [2.45, 2.75) is 77.7 Å². The summed E-state index contributed by atoms with van der Waals surface area (Å²) in [4.78, 5) is 13.7. The molecule has 3 N–H and O–H groups in total. The summed E-state index contributed by atoms with van der Waals surface area (Å²) in [7, 11) is 3.39. The van der Waals surface area contributed by atoms with Crippen LogP contribution in [0.4, 0.5) is 4.79 Å². The van der Waals surface area contributed by atoms with E-state index in [1.807, 2.05) is 6.92 Å². The number of carbonyl (C=O) groups excluding carboxylic acids is 1. The minimum absolute atomic E-state index is 0.00828. The molecule has 5 nitrogen and oxygen atoms in total. The number of nitrogens with zero attached hydrogens (tertiary/aromatic N) is 1. The maximum atomic E-state index is 12.2. The third-order valence-electron chi connectivity index (χ3n) is 5.61. The quantitative estimate of drug-likeness (QED) is 0.434. The normalized spacial score (nSPS) is 17.8. The average Bonchev–Trinajstić information content (AvgIpc) is 2.61. The first-order chi connectivity index (χ1) is 13.3. The van der Waals surface area contributed by atoms with Crippen LogP contribution in [-0.4, -0.2) is 35.2 Å². The molecule has 1 aromatic carbocycles. The standard InChI is InChI=1S/C23H36N2O3/c1-6-7-8-11-18-14-19(26)21(17-12-9-10-15(2)13-17)22(27)20(18)16(3)24-23(28)25(4)5/h13-14,16-17,26-27H,6-12H2,1-5H3,(H,24,28). The molecular formula is C23H36N2O3. The Hall–Kier alpha value is -2.17. The Morgan fingerprint density at radius 2 is 2.04 bits per heavy atom. The maximum absolute atomic E-state index is 12.2. The van der Waals surface area contributed by atoms with Gasteiger partial charge in [-0.2, -0.15) is 0 Å². The van der Waals surface area contributed by atoms with Crippen molar-refractivity contribution < 1.29 is 15.0 Å². The zero-order chi connectivity index (χ0) is 20.8. The summed E-state index contributed by atoms with van der Waals surface area (Å²) < 4.78 is 0. The molecule has 0 saturated heterocycles. The Morgan fingerprint density at radius 3 is 2.64 bits per heavy atom. The molecule has 156 valence electrons. The molecule has 2 rings (SSSR count). The predicted octanol–water partition coefficient (Wildman–Crippen LogP) is 5.38. The van der Waals surface area contributed by atoms with Gasteiger partial charge in [0.25, 0.3) is 0 Å². The first-order valence-electron chi connectivity index (χ1n) is 10.5. The molecule has 28 heavy (non-hydrogen) atoms. The number of hydrogen-bond acceptors (Lipinski definition) is 3. The van der Waals surface area contributed by atoms with Crippen molar-refractivity contribution in [2.24, 2.45) is 0 Å². The van der Waals surface area contributed by atoms with E-state index in [0.29, 0.717) is 5.56 Å². The molecule has 0 fully saturated rings. The molecule has 2 unspecified atom stereocenters. The summed E-state index contributed by atoms with van der Waals surface area (Å²) >= 11 is 0. The number of allylic oxidation sites excluding steroid dienone is 2. The van der Waals surface area contributed by atoms with Crippen LogP contribution < -0.4 is 5.32 Å². The minimum atomic E-state index is -0.348. The lowest BCUT2D eigenvalue weighted by Crippen LogP contribution is -2.36. The van der Waals surface area contributed by atoms with Crippen LogP contribution in [-0.2, 0) is 6.42 Å². The largest absolute Gasteiger partial charge is 0.507 e. The van der Waals surface area contributed by atoms with E-state index in [4.69, 9.17) is 0 Å². The van der Waals surface area contributed by atoms with Crippen LogP contribution in [0.25, 0.3) is 0 Å². The molecule has 1 aliphatic rings. The van der Waals surface area contributed by atoms with Gasteiger partial charge in [0, 0.05) is 31.1 Å². The molecule has 1 aromatic rings. The number of rotatable bonds is 7. The Kier molecular flexibility index (Phi) is 7.78. The van der Waals surface area contributed by atoms with Crippen LogP contribution in [0.3, 0.4) is 0 Å². The molecule has 2 atom stereocenters. The number of nitrogens with one attached hydrogen (secondary N) is 1. The first-order valence-corrected chi connectivity index (χ1v) is 10.5. The lowest BCUT2D eigenvalue weighted by Gasteiger charge is -2.27. The lowest BCUT2D eigenvalue weighted by molar-refractivity contribution is 0.214. The number of amides is 2. The number of urea groups is 1. The van der Waals surface area contributed by atoms with Crippen molar-refractivity contribution in [3.05, 3.63) is 34.4 Å². The van der Waals surface area contributed by atoms with Gasteiger partial charge >= 0.3 is 6.03 Å². The third kappa shape index (κ3) is 5.21. The number of phenolic OH excluding ortho intramolecular Hbond substituents is 2. The van der Waals surface area contributed by atoms with E-state index in [1.54, 1.807) is 20.2 Å². The SMILES string of the molecule is CCCCCc1cc(O)c(C2C=C(C)CCC2)c(O)c1C(C)NC(=O)N(C)C. The van der Waals surface area contributed by atoms with E-state index in [9.17, 15) is 15.0 Å². The molecule has 0 radical (unpaired) electrons. The zero-order valence-electron chi connectivity index (χ0n) is 18.0. The topological polar surface area (TPSA) is 72.8 Å². The van der Waals surface area contributed by atoms with Crippen molar-refractivity contribution in [3.63, 3.8) is 0 Å². The van der Waals surface area contributed by atoms with Crippen LogP contribution in [0.15, 0.2) is 17.7 Å². The second-order valence-corrected chi connectivity index (χ2v) is 8.27. The first kappa shape index (κ1) is 22.1. The summed E-state index contributed by atoms with van der Waals surface area (Å²) in [5.74, 6) is 0.304. The molecule has 0 saturated carbocycles. The zero-order valence-corrected chi connectivity index (χ0v) is 18.0. The number of phenols is 2. The molecule has 1 aliphatic carbocycles. The molecule has 0 aliphatic heterocycles. The van der Waals surface area contributed by atoms with E-state index in [0.717, 1.165) is 56.1 Å². The number of aromatic hydroxyl groups is 2. The van der Waals surface area contributed by atoms with Crippen LogP contribution in [0.2, 0.25) is 0 Å². The molecule has 5 heteroatoms. The molecule has 2 amide bonds. The third-order valence-corrected chi connectivity index (χ3v) is 5.61. The van der Waals surface area contributed by atoms with Gasteiger partial charge in [0.15, 0.2) is 0 Å². The highest BCUT2D eigenvalue weighted by Gasteiger charge is 2.27. The molecule has 0 bridgehead atoms. The van der Waals surface area contributed by atoms with Gasteiger partial charge in [-0.05, 0) is 57.6 Å². The van der Waals surface area contributed by atoms with Gasteiger partial charge in [-0.15, -0.1) is 0 Å². The van der Waals surface area contributed by atoms with E-state index in [1.165, 1.54) is 10.5 Å². The molecule has 0 spiro atoms. The average molecular weight is 389 g/mol. The number of benzene rings is 1. The summed E-state index contributed by atoms with van der Waals surface area (Å²) in [5, 5.41) is 24.9. The van der Waals surface area contributed by atoms with E-state index < -0.39 is 0 Å². The van der Waals surface area contributed by atoms with Gasteiger partial charge in [0.05, 0.1) is 6.04 Å². The van der Waals surface area contributed by atoms with Crippen molar-refractivity contribution in [2.75, 3.05) is 14.1 Å². The molecule has 0 heterocycles. The van der Waals surface area contributed by atoms with Crippen molar-refractivity contribution >= 4 is 6.03 Å². The van der Waals surface area contributed by atoms with E-state index in [2.05, 4.69) is 25.2 Å². The summed E-state index contributed by atoms with van der Waals surface area (Å²) in [6.07, 6.45) is 9.12. The molecular weight excluding hydrogens is 352 g/mol. The minimum Gasteiger partial charge on any atom is -0.507 e. The van der Waals surface area contributed by atoms with Crippen molar-refractivity contribution in [1.29, 1.82) is 0 Å². The Bertz CT molecular complexity index is 725. The smallest absolute Gasteiger partial charge is 0.317 e. The van der Waals surface area contributed by atoms with Crippen LogP contribution in [0.5, 0.6) is 11.5 Å². The fraction of sp³-hybridized carbons (Fsp3) is 0.609. The van der Waals surface area contributed by atoms with Crippen molar-refractivity contribution in [3.8, 4) is 11.5 Å². The predicted molar refractivity (Wildman–Crippen MR) is 114 cm³/mol. The summed E-state index contributed by atoms with van der Waals surface area (Å²) in [5.41, 5.74) is 3.53. The maximum Gasteiger partial charge on any atom is 0.317 e. The van der Waals surface area contributed by atoms with Gasteiger partial charge in [0.2, 0.25) is 0 Å². The summed E-state index contributed by atoms with van der Waals surface area (Å²) in [6.45, 7) is 6.14. The van der Waals surface area contributed by atoms with Crippen LogP contribution in [0.1, 0.15) is 87.9 Å². The number of aryl methyl sites for hydroxylation is 1. The second-order valence-electron chi connectivity index (χ2n) is 8.27. The van der Waals surface area contributed by atoms with Crippen LogP contribution in [0, 0.1) is 0 Å². The van der Waals surface area contributed by atoms with E-state index in [-0.39, 0.29) is 29.5 Å². The van der Waals surface area contributed by atoms with Crippen LogP contribution >= 0.6 is 0 Å². The highest BCUT2D eigenvalue weighted by molar-refractivity contribution is 5.74. The van der Waals surface area contributed by atoms with Gasteiger partial charge in [-0.1, -0.05) is 31.4 Å². The van der Waals surface area contributed by atoms with Gasteiger partial charge in [-0.25, -0.2) is 4.79 Å². The highest BCUT2D eigenvalue weighted by atomic mass is 16.3. The highest BCUT2D eigenvalue weighted by Crippen LogP contribution is 2.45. The second kappa shape index (κ2) is 9.85. The van der Waals surface area contributed by atoms with Gasteiger partial charge in [-0.3, -0.25) is 0 Å². The molecule has 0 aromatic heterocycles. The fourth-order valence-electron chi connectivity index (χ4n) is 4.09. The van der Waals surface area contributed by atoms with Gasteiger partial charge in [0.1, 0.15) is 11.5 Å². The van der Waals surface area contributed by atoms with Crippen molar-refractivity contribution in [1.82, 2.24) is 10.2 Å². The van der Waals surface area contributed by atoms with E-state index >= 15 is 0 Å². The monoisotopic (exact) mass is 388 g/mol. The Balaban J connectivity index is 2.48. The number of carbonyl (C=O) groups is 1. The fourth-order valence-corrected chi connectivity index (χ4v) is 4.09.